The van der Waals surface area contributed by atoms with Gasteiger partial charge in [-0.2, -0.15) is 11.8 Å². The molecule has 0 saturated carbocycles. The van der Waals surface area contributed by atoms with Crippen molar-refractivity contribution in [1.29, 1.82) is 0 Å². The fourth-order valence-corrected chi connectivity index (χ4v) is 3.28. The molecule has 1 aromatic carbocycles. The zero-order valence-electron chi connectivity index (χ0n) is 11.9. The van der Waals surface area contributed by atoms with Gasteiger partial charge in [0.2, 0.25) is 5.91 Å². The van der Waals surface area contributed by atoms with Crippen LogP contribution < -0.4 is 10.1 Å². The number of ether oxygens (including phenoxy) is 1. The molecule has 5 nitrogen and oxygen atoms in total. The molecule has 2 rings (SSSR count). The first-order valence-corrected chi connectivity index (χ1v) is 8.04. The maximum Gasteiger partial charge on any atom is 0.326 e. The van der Waals surface area contributed by atoms with Crippen LogP contribution in [0.5, 0.6) is 5.75 Å². The quantitative estimate of drug-likeness (QED) is 0.750. The van der Waals surface area contributed by atoms with E-state index in [4.69, 9.17) is 9.84 Å². The van der Waals surface area contributed by atoms with Gasteiger partial charge in [-0.1, -0.05) is 18.2 Å². The highest BCUT2D eigenvalue weighted by atomic mass is 32.2. The van der Waals surface area contributed by atoms with Crippen molar-refractivity contribution in [2.24, 2.45) is 0 Å². The summed E-state index contributed by atoms with van der Waals surface area (Å²) in [6.45, 7) is 1.33. The number of para-hydroxylation sites is 1. The molecule has 6 heteroatoms. The average molecular weight is 309 g/mol. The molecule has 0 bridgehead atoms. The molecule has 2 N–H and O–H groups in total. The summed E-state index contributed by atoms with van der Waals surface area (Å²) in [5, 5.41) is 11.4. The van der Waals surface area contributed by atoms with E-state index < -0.39 is 12.0 Å². The van der Waals surface area contributed by atoms with Crippen molar-refractivity contribution in [2.45, 2.75) is 31.9 Å². The number of nitrogens with one attached hydrogen (secondary N) is 1. The number of aliphatic carboxylic acids is 1. The van der Waals surface area contributed by atoms with Crippen molar-refractivity contribution in [3.05, 3.63) is 29.8 Å². The number of carboxylic acid groups (broad SMARTS) is 1. The molecule has 114 valence electrons. The summed E-state index contributed by atoms with van der Waals surface area (Å²) in [6, 6.07) is 7.19. The number of carboxylic acids is 1. The van der Waals surface area contributed by atoms with E-state index in [1.807, 2.05) is 18.2 Å². The van der Waals surface area contributed by atoms with E-state index in [0.29, 0.717) is 12.2 Å². The summed E-state index contributed by atoms with van der Waals surface area (Å²) in [6.07, 6.45) is 1.47. The summed E-state index contributed by atoms with van der Waals surface area (Å²) in [5.74, 6) is 1.14. The van der Waals surface area contributed by atoms with Crippen LogP contribution in [0.2, 0.25) is 0 Å². The first-order valence-electron chi connectivity index (χ1n) is 6.88. The van der Waals surface area contributed by atoms with Gasteiger partial charge in [0.05, 0.1) is 0 Å². The number of rotatable bonds is 7. The third-order valence-corrected chi connectivity index (χ3v) is 4.38. The third kappa shape index (κ3) is 4.67. The van der Waals surface area contributed by atoms with Crippen LogP contribution >= 0.6 is 11.8 Å². The molecular weight excluding hydrogens is 290 g/mol. The Morgan fingerprint density at radius 1 is 1.48 bits per heavy atom. The Bertz CT molecular complexity index is 495. The third-order valence-electron chi connectivity index (χ3n) is 3.24. The molecule has 21 heavy (non-hydrogen) atoms. The number of thioether (sulfide) groups is 1. The maximum atomic E-state index is 11.0. The molecule has 2 unspecified atom stereocenters. The molecule has 1 heterocycles. The molecule has 1 aliphatic heterocycles. The van der Waals surface area contributed by atoms with Gasteiger partial charge < -0.3 is 15.2 Å². The van der Waals surface area contributed by atoms with E-state index in [-0.39, 0.29) is 12.0 Å². The fourth-order valence-electron chi connectivity index (χ4n) is 2.27. The first kappa shape index (κ1) is 15.7. The van der Waals surface area contributed by atoms with E-state index in [2.05, 4.69) is 11.4 Å². The summed E-state index contributed by atoms with van der Waals surface area (Å²) in [4.78, 5) is 21.9. The second-order valence-electron chi connectivity index (χ2n) is 5.01. The molecule has 1 amide bonds. The van der Waals surface area contributed by atoms with Crippen molar-refractivity contribution in [3.8, 4) is 5.75 Å². The van der Waals surface area contributed by atoms with Crippen molar-refractivity contribution in [2.75, 3.05) is 11.5 Å². The van der Waals surface area contributed by atoms with E-state index in [1.165, 1.54) is 12.5 Å². The Balaban J connectivity index is 1.69. The van der Waals surface area contributed by atoms with Crippen LogP contribution in [0.25, 0.3) is 0 Å². The van der Waals surface area contributed by atoms with Gasteiger partial charge >= 0.3 is 5.97 Å². The van der Waals surface area contributed by atoms with Gasteiger partial charge in [-0.15, -0.1) is 0 Å². The zero-order valence-corrected chi connectivity index (χ0v) is 12.7. The lowest BCUT2D eigenvalue weighted by molar-refractivity contribution is -0.141. The second kappa shape index (κ2) is 7.36. The minimum absolute atomic E-state index is 0.149. The summed E-state index contributed by atoms with van der Waals surface area (Å²) in [5.41, 5.74) is 1.23. The summed E-state index contributed by atoms with van der Waals surface area (Å²) in [7, 11) is 0. The van der Waals surface area contributed by atoms with Gasteiger partial charge in [-0.05, 0) is 23.8 Å². The highest BCUT2D eigenvalue weighted by molar-refractivity contribution is 7.99. The Kier molecular flexibility index (Phi) is 5.50. The topological polar surface area (TPSA) is 75.6 Å². The molecule has 0 fully saturated rings. The van der Waals surface area contributed by atoms with Crippen LogP contribution in [0.3, 0.4) is 0 Å². The highest BCUT2D eigenvalue weighted by Crippen LogP contribution is 2.29. The van der Waals surface area contributed by atoms with Crippen molar-refractivity contribution in [1.82, 2.24) is 5.32 Å². The number of hydrogen-bond acceptors (Lipinski definition) is 4. The van der Waals surface area contributed by atoms with E-state index >= 15 is 0 Å². The number of carbonyl (C=O) groups is 2. The minimum Gasteiger partial charge on any atom is -0.489 e. The monoisotopic (exact) mass is 309 g/mol. The van der Waals surface area contributed by atoms with Crippen LogP contribution in [-0.2, 0) is 16.0 Å². The maximum absolute atomic E-state index is 11.0. The lowest BCUT2D eigenvalue weighted by atomic mass is 10.1. The first-order chi connectivity index (χ1) is 10.1. The Labute approximate surface area is 128 Å². The van der Waals surface area contributed by atoms with Crippen LogP contribution in [0.15, 0.2) is 24.3 Å². The summed E-state index contributed by atoms with van der Waals surface area (Å²) >= 11 is 1.65. The fraction of sp³-hybridized carbons (Fsp3) is 0.467. The van der Waals surface area contributed by atoms with Gasteiger partial charge in [0.1, 0.15) is 17.9 Å². The molecule has 2 atom stereocenters. The zero-order chi connectivity index (χ0) is 15.2. The predicted molar refractivity (Wildman–Crippen MR) is 81.7 cm³/mol. The number of benzene rings is 1. The summed E-state index contributed by atoms with van der Waals surface area (Å²) < 4.78 is 5.82. The number of carbonyl (C=O) groups excluding carboxylic acids is 1. The SMILES string of the molecule is CC(=O)NC(CCSCC1Cc2ccccc2O1)C(=O)O. The molecule has 0 aromatic heterocycles. The molecule has 0 saturated heterocycles. The normalized spacial score (nSPS) is 17.7. The molecular formula is C15H19NO4S. The molecule has 1 aromatic rings. The van der Waals surface area contributed by atoms with Gasteiger partial charge in [0, 0.05) is 19.1 Å². The number of fused-ring (bicyclic) bond motifs is 1. The molecule has 0 aliphatic carbocycles. The van der Waals surface area contributed by atoms with Gasteiger partial charge in [0.15, 0.2) is 0 Å². The number of hydrogen-bond donors (Lipinski definition) is 2. The smallest absolute Gasteiger partial charge is 0.326 e. The highest BCUT2D eigenvalue weighted by Gasteiger charge is 2.23. The largest absolute Gasteiger partial charge is 0.489 e. The van der Waals surface area contributed by atoms with E-state index in [9.17, 15) is 9.59 Å². The number of amides is 1. The lowest BCUT2D eigenvalue weighted by Gasteiger charge is -2.14. The molecule has 0 spiro atoms. The van der Waals surface area contributed by atoms with Crippen LogP contribution in [0.4, 0.5) is 0 Å². The van der Waals surface area contributed by atoms with Gasteiger partial charge in [0.25, 0.3) is 0 Å². The Hall–Kier alpha value is -1.69. The van der Waals surface area contributed by atoms with E-state index in [1.54, 1.807) is 11.8 Å². The Morgan fingerprint density at radius 3 is 2.90 bits per heavy atom. The van der Waals surface area contributed by atoms with Crippen LogP contribution in [0, 0.1) is 0 Å². The minimum atomic E-state index is -0.990. The standard InChI is InChI=1S/C15H19NO4S/c1-10(17)16-13(15(18)19)6-7-21-9-12-8-11-4-2-3-5-14(11)20-12/h2-5,12-13H,6-9H2,1H3,(H,16,17)(H,18,19). The lowest BCUT2D eigenvalue weighted by Crippen LogP contribution is -2.40. The average Bonchev–Trinajstić information content (AvgIpc) is 2.84. The van der Waals surface area contributed by atoms with Crippen molar-refractivity contribution < 1.29 is 19.4 Å². The molecule has 1 aliphatic rings. The van der Waals surface area contributed by atoms with Crippen LogP contribution in [-0.4, -0.2) is 40.6 Å². The van der Waals surface area contributed by atoms with Crippen molar-refractivity contribution >= 4 is 23.6 Å². The Morgan fingerprint density at radius 2 is 2.24 bits per heavy atom. The second-order valence-corrected chi connectivity index (χ2v) is 6.16. The van der Waals surface area contributed by atoms with Gasteiger partial charge in [-0.25, -0.2) is 4.79 Å². The van der Waals surface area contributed by atoms with Crippen LogP contribution in [0.1, 0.15) is 18.9 Å². The predicted octanol–water partition coefficient (Wildman–Crippen LogP) is 1.70. The molecule has 0 radical (unpaired) electrons. The van der Waals surface area contributed by atoms with Crippen molar-refractivity contribution in [3.63, 3.8) is 0 Å². The van der Waals surface area contributed by atoms with E-state index in [0.717, 1.165) is 17.9 Å². The van der Waals surface area contributed by atoms with Gasteiger partial charge in [-0.3, -0.25) is 4.79 Å².